The van der Waals surface area contributed by atoms with E-state index in [9.17, 15) is 9.59 Å². The van der Waals surface area contributed by atoms with Gasteiger partial charge in [0, 0.05) is 7.05 Å². The maximum atomic E-state index is 11.7. The molecular weight excluding hydrogens is 224 g/mol. The van der Waals surface area contributed by atoms with Crippen LogP contribution in [0.15, 0.2) is 29.0 Å². The van der Waals surface area contributed by atoms with Crippen molar-refractivity contribution in [2.24, 2.45) is 12.8 Å². The second-order valence-electron chi connectivity index (χ2n) is 3.33. The van der Waals surface area contributed by atoms with Gasteiger partial charge in [-0.05, 0) is 12.1 Å². The summed E-state index contributed by atoms with van der Waals surface area (Å²) in [4.78, 5) is 22.8. The number of nitrogens with two attached hydrogens (primary N) is 1. The molecular formula is C10H10N4O3. The average Bonchev–Trinajstić information content (AvgIpc) is 2.89. The van der Waals surface area contributed by atoms with E-state index in [2.05, 4.69) is 10.4 Å². The molecule has 7 heteroatoms. The number of nitrogens with zero attached hydrogens (tertiary/aromatic N) is 2. The van der Waals surface area contributed by atoms with E-state index in [4.69, 9.17) is 10.2 Å². The van der Waals surface area contributed by atoms with Crippen LogP contribution in [0.1, 0.15) is 20.9 Å². The summed E-state index contributed by atoms with van der Waals surface area (Å²) in [5.41, 5.74) is 5.30. The van der Waals surface area contributed by atoms with Gasteiger partial charge in [0.15, 0.2) is 5.76 Å². The molecule has 0 unspecified atom stereocenters. The fourth-order valence-electron chi connectivity index (χ4n) is 1.34. The van der Waals surface area contributed by atoms with Crippen molar-refractivity contribution in [3.05, 3.63) is 35.9 Å². The van der Waals surface area contributed by atoms with Gasteiger partial charge in [-0.2, -0.15) is 5.10 Å². The van der Waals surface area contributed by atoms with Crippen molar-refractivity contribution in [3.63, 3.8) is 0 Å². The third-order valence-electron chi connectivity index (χ3n) is 2.18. The lowest BCUT2D eigenvalue weighted by atomic mass is 10.3. The second kappa shape index (κ2) is 4.12. The first-order chi connectivity index (χ1) is 8.09. The molecule has 0 bridgehead atoms. The Labute approximate surface area is 96.2 Å². The molecule has 0 atom stereocenters. The number of hydrogen-bond donors (Lipinski definition) is 2. The Balaban J connectivity index is 2.27. The second-order valence-corrected chi connectivity index (χ2v) is 3.33. The quantitative estimate of drug-likeness (QED) is 0.800. The van der Waals surface area contributed by atoms with E-state index in [0.717, 1.165) is 0 Å². The Kier molecular flexibility index (Phi) is 2.65. The van der Waals surface area contributed by atoms with Crippen LogP contribution in [0.25, 0.3) is 0 Å². The van der Waals surface area contributed by atoms with Crippen LogP contribution in [0.5, 0.6) is 0 Å². The molecule has 7 nitrogen and oxygen atoms in total. The number of amides is 2. The predicted molar refractivity (Wildman–Crippen MR) is 58.4 cm³/mol. The molecule has 2 aromatic rings. The highest BCUT2D eigenvalue weighted by molar-refractivity contribution is 6.06. The smallest absolute Gasteiger partial charge is 0.292 e. The van der Waals surface area contributed by atoms with Crippen molar-refractivity contribution in [1.29, 1.82) is 0 Å². The first-order valence-corrected chi connectivity index (χ1v) is 4.76. The van der Waals surface area contributed by atoms with Gasteiger partial charge in [0.25, 0.3) is 11.8 Å². The van der Waals surface area contributed by atoms with Crippen molar-refractivity contribution < 1.29 is 14.0 Å². The predicted octanol–water partition coefficient (Wildman–Crippen LogP) is 0.364. The maximum Gasteiger partial charge on any atom is 0.292 e. The molecule has 2 rings (SSSR count). The molecule has 0 radical (unpaired) electrons. The van der Waals surface area contributed by atoms with E-state index in [-0.39, 0.29) is 17.1 Å². The molecule has 0 aliphatic rings. The zero-order valence-corrected chi connectivity index (χ0v) is 9.01. The van der Waals surface area contributed by atoms with Crippen molar-refractivity contribution >= 4 is 17.6 Å². The summed E-state index contributed by atoms with van der Waals surface area (Å²) < 4.78 is 6.27. The molecule has 88 valence electrons. The number of rotatable bonds is 3. The van der Waals surface area contributed by atoms with Crippen LogP contribution in [0, 0.1) is 0 Å². The molecule has 17 heavy (non-hydrogen) atoms. The molecule has 2 amide bonds. The summed E-state index contributed by atoms with van der Waals surface area (Å²) in [6, 6.07) is 3.10. The number of nitrogens with one attached hydrogen (secondary N) is 1. The number of aryl methyl sites for hydroxylation is 1. The molecule has 0 saturated carbocycles. The summed E-state index contributed by atoms with van der Waals surface area (Å²) in [6.45, 7) is 0. The number of hydrogen-bond acceptors (Lipinski definition) is 4. The Bertz CT molecular complexity index is 556. The fraction of sp³-hybridized carbons (Fsp3) is 0.100. The van der Waals surface area contributed by atoms with Crippen LogP contribution in [0.2, 0.25) is 0 Å². The third-order valence-corrected chi connectivity index (χ3v) is 2.18. The molecule has 0 spiro atoms. The van der Waals surface area contributed by atoms with Crippen LogP contribution in [0.4, 0.5) is 5.82 Å². The van der Waals surface area contributed by atoms with Crippen LogP contribution in [-0.2, 0) is 7.05 Å². The third kappa shape index (κ3) is 2.03. The van der Waals surface area contributed by atoms with Crippen molar-refractivity contribution in [3.8, 4) is 0 Å². The Morgan fingerprint density at radius 1 is 1.53 bits per heavy atom. The van der Waals surface area contributed by atoms with Crippen LogP contribution < -0.4 is 11.1 Å². The topological polar surface area (TPSA) is 103 Å². The number of aromatic nitrogens is 2. The Morgan fingerprint density at radius 2 is 2.29 bits per heavy atom. The van der Waals surface area contributed by atoms with Gasteiger partial charge in [-0.15, -0.1) is 0 Å². The number of carbonyl (C=O) groups excluding carboxylic acids is 2. The molecule has 2 heterocycles. The minimum atomic E-state index is -0.659. The lowest BCUT2D eigenvalue weighted by Crippen LogP contribution is -2.18. The van der Waals surface area contributed by atoms with E-state index in [1.54, 1.807) is 13.1 Å². The molecule has 0 aliphatic heterocycles. The van der Waals surface area contributed by atoms with Crippen molar-refractivity contribution in [1.82, 2.24) is 9.78 Å². The van der Waals surface area contributed by atoms with Gasteiger partial charge in [-0.3, -0.25) is 14.3 Å². The summed E-state index contributed by atoms with van der Waals surface area (Å²) >= 11 is 0. The van der Waals surface area contributed by atoms with E-state index < -0.39 is 11.8 Å². The van der Waals surface area contributed by atoms with E-state index >= 15 is 0 Å². The lowest BCUT2D eigenvalue weighted by molar-refractivity contribution is 0.0995. The largest absolute Gasteiger partial charge is 0.459 e. The van der Waals surface area contributed by atoms with Gasteiger partial charge in [-0.1, -0.05) is 0 Å². The van der Waals surface area contributed by atoms with Gasteiger partial charge in [0.1, 0.15) is 11.4 Å². The number of furan rings is 1. The number of primary amides is 1. The first kappa shape index (κ1) is 10.9. The zero-order valence-electron chi connectivity index (χ0n) is 9.01. The van der Waals surface area contributed by atoms with Gasteiger partial charge >= 0.3 is 0 Å². The summed E-state index contributed by atoms with van der Waals surface area (Å²) in [6.07, 6.45) is 2.67. The monoisotopic (exact) mass is 234 g/mol. The van der Waals surface area contributed by atoms with Gasteiger partial charge in [-0.25, -0.2) is 0 Å². The number of carbonyl (C=O) groups is 2. The number of anilines is 1. The summed E-state index contributed by atoms with van der Waals surface area (Å²) in [5.74, 6) is -0.755. The first-order valence-electron chi connectivity index (χ1n) is 4.76. The van der Waals surface area contributed by atoms with Gasteiger partial charge in [0.05, 0.1) is 12.5 Å². The Hall–Kier alpha value is -2.57. The van der Waals surface area contributed by atoms with Crippen LogP contribution in [0.3, 0.4) is 0 Å². The maximum absolute atomic E-state index is 11.7. The van der Waals surface area contributed by atoms with E-state index in [1.165, 1.54) is 23.2 Å². The lowest BCUT2D eigenvalue weighted by Gasteiger charge is -2.04. The summed E-state index contributed by atoms with van der Waals surface area (Å²) in [5, 5.41) is 6.35. The molecule has 0 aromatic carbocycles. The van der Waals surface area contributed by atoms with E-state index in [0.29, 0.717) is 0 Å². The van der Waals surface area contributed by atoms with Gasteiger partial charge < -0.3 is 15.5 Å². The standard InChI is InChI=1S/C10H10N4O3/c1-14-9(6(5-12-14)8(11)15)13-10(16)7-3-2-4-17-7/h2-5H,1H3,(H2,11,15)(H,13,16). The molecule has 0 saturated heterocycles. The molecule has 2 aromatic heterocycles. The molecule has 0 fully saturated rings. The van der Waals surface area contributed by atoms with Gasteiger partial charge in [0.2, 0.25) is 0 Å². The van der Waals surface area contributed by atoms with E-state index in [1.807, 2.05) is 0 Å². The van der Waals surface area contributed by atoms with Crippen LogP contribution in [-0.4, -0.2) is 21.6 Å². The highest BCUT2D eigenvalue weighted by Gasteiger charge is 2.17. The fourth-order valence-corrected chi connectivity index (χ4v) is 1.34. The highest BCUT2D eigenvalue weighted by Crippen LogP contribution is 2.14. The normalized spacial score (nSPS) is 10.2. The van der Waals surface area contributed by atoms with Crippen molar-refractivity contribution in [2.45, 2.75) is 0 Å². The Morgan fingerprint density at radius 3 is 2.88 bits per heavy atom. The molecule has 3 N–H and O–H groups in total. The van der Waals surface area contributed by atoms with Crippen LogP contribution >= 0.6 is 0 Å². The summed E-state index contributed by atoms with van der Waals surface area (Å²) in [7, 11) is 1.59. The highest BCUT2D eigenvalue weighted by atomic mass is 16.3. The molecule has 0 aliphatic carbocycles. The SMILES string of the molecule is Cn1ncc(C(N)=O)c1NC(=O)c1ccco1. The minimum absolute atomic E-state index is 0.140. The average molecular weight is 234 g/mol. The minimum Gasteiger partial charge on any atom is -0.459 e. The zero-order chi connectivity index (χ0) is 12.4. The van der Waals surface area contributed by atoms with Crippen molar-refractivity contribution in [2.75, 3.05) is 5.32 Å².